The summed E-state index contributed by atoms with van der Waals surface area (Å²) in [5, 5.41) is 22.9. The summed E-state index contributed by atoms with van der Waals surface area (Å²) in [4.78, 5) is 29.6. The fraction of sp³-hybridized carbons (Fsp3) is 0.128. The monoisotopic (exact) mass is 820 g/mol. The van der Waals surface area contributed by atoms with Gasteiger partial charge in [-0.25, -0.2) is 40.9 Å². The molecule has 0 amide bonds. The van der Waals surface area contributed by atoms with Crippen molar-refractivity contribution in [2.75, 3.05) is 10.6 Å². The second kappa shape index (κ2) is 16.4. The Kier molecular flexibility index (Phi) is 12.0. The molecule has 2 unspecified atom stereocenters. The number of aromatic carboxylic acids is 1. The minimum Gasteiger partial charge on any atom is -0.479 e. The van der Waals surface area contributed by atoms with Crippen LogP contribution in [0.25, 0.3) is 22.3 Å². The number of rotatable bonds is 7. The van der Waals surface area contributed by atoms with Crippen LogP contribution in [0.4, 0.5) is 56.7 Å². The van der Waals surface area contributed by atoms with E-state index in [1.54, 1.807) is 24.3 Å². The van der Waals surface area contributed by atoms with Crippen LogP contribution in [0.2, 0.25) is 5.02 Å². The Hall–Kier alpha value is -6.36. The molecular formula is C39H26ClF9N4O4. The van der Waals surface area contributed by atoms with Crippen LogP contribution in [0.1, 0.15) is 28.4 Å². The van der Waals surface area contributed by atoms with Gasteiger partial charge in [-0.2, -0.15) is 13.2 Å². The zero-order valence-corrected chi connectivity index (χ0v) is 29.9. The summed E-state index contributed by atoms with van der Waals surface area (Å²) in [6, 6.07) is 14.3. The second-order valence-electron chi connectivity index (χ2n) is 12.3. The van der Waals surface area contributed by atoms with E-state index in [0.717, 1.165) is 37.3 Å². The molecule has 0 aliphatic carbocycles. The number of dihydropyridines is 1. The van der Waals surface area contributed by atoms with E-state index in [1.165, 1.54) is 31.3 Å². The number of pyridine rings is 1. The lowest BCUT2D eigenvalue weighted by Crippen LogP contribution is -2.45. The average Bonchev–Trinajstić information content (AvgIpc) is 3.15. The van der Waals surface area contributed by atoms with E-state index in [2.05, 4.69) is 15.3 Å². The number of aromatic nitrogens is 1. The lowest BCUT2D eigenvalue weighted by Gasteiger charge is -2.26. The Morgan fingerprint density at radius 1 is 0.807 bits per heavy atom. The highest BCUT2D eigenvalue weighted by Crippen LogP contribution is 2.38. The van der Waals surface area contributed by atoms with Gasteiger partial charge in [0.15, 0.2) is 17.5 Å². The first-order chi connectivity index (χ1) is 26.7. The number of anilines is 3. The normalized spacial score (nSPS) is 16.5. The highest BCUT2D eigenvalue weighted by molar-refractivity contribution is 6.33. The van der Waals surface area contributed by atoms with Crippen molar-refractivity contribution in [3.8, 4) is 22.3 Å². The van der Waals surface area contributed by atoms with Gasteiger partial charge in [0.05, 0.1) is 11.6 Å². The van der Waals surface area contributed by atoms with Crippen molar-refractivity contribution in [2.24, 2.45) is 4.99 Å². The molecule has 1 aliphatic rings. The number of carboxylic acid groups (broad SMARTS) is 2. The SMILES string of the molecule is CC1N=C(Nc2c(F)cc(-c3cccc(C(F)(F)F)c3)cc2F)C(F)=CC1(F)C(=O)O.Cc1c(-c2ccccc2Cl)cc(F)c(Nc2ncccc2C(=O)O)c1F. The summed E-state index contributed by atoms with van der Waals surface area (Å²) < 4.78 is 125. The molecule has 57 heavy (non-hydrogen) atoms. The molecule has 8 nitrogen and oxygen atoms in total. The number of hydrogen-bond donors (Lipinski definition) is 4. The minimum atomic E-state index is -4.66. The van der Waals surface area contributed by atoms with Crippen LogP contribution in [0.5, 0.6) is 0 Å². The van der Waals surface area contributed by atoms with Crippen LogP contribution in [0.15, 0.2) is 102 Å². The zero-order valence-electron chi connectivity index (χ0n) is 29.1. The molecule has 2 atom stereocenters. The van der Waals surface area contributed by atoms with Crippen molar-refractivity contribution < 1.29 is 59.3 Å². The van der Waals surface area contributed by atoms with Gasteiger partial charge in [-0.05, 0) is 84.6 Å². The van der Waals surface area contributed by atoms with Gasteiger partial charge in [-0.15, -0.1) is 0 Å². The molecule has 1 aliphatic heterocycles. The molecule has 0 radical (unpaired) electrons. The summed E-state index contributed by atoms with van der Waals surface area (Å²) in [6.07, 6.45) is -3.20. The van der Waals surface area contributed by atoms with Gasteiger partial charge in [-0.3, -0.25) is 4.99 Å². The van der Waals surface area contributed by atoms with Gasteiger partial charge in [0.2, 0.25) is 5.67 Å². The van der Waals surface area contributed by atoms with Gasteiger partial charge in [0.25, 0.3) is 0 Å². The standard InChI is InChI=1S/C20H13F7N2O2.C19H13ClF2N2O2/c1-9-19(24,18(30)31)8-15(23)17(28-9)29-16-13(21)6-11(7-14(16)22)10-3-2-4-12(5-10)20(25,26)27;1-10-13(11-5-2-3-7-14(11)20)9-15(21)17(16(10)22)24-18-12(19(25)26)6-4-8-23-18/h2-9H,1H3,(H,28,29)(H,30,31);2-9H,1H3,(H,23,24)(H,25,26). The molecule has 0 bridgehead atoms. The molecule has 18 heteroatoms. The first-order valence-corrected chi connectivity index (χ1v) is 16.6. The van der Waals surface area contributed by atoms with Crippen LogP contribution >= 0.6 is 11.6 Å². The minimum absolute atomic E-state index is 0.113. The number of alkyl halides is 4. The number of halogens is 10. The number of aliphatic imine (C=N–C) groups is 1. The number of nitrogens with zero attached hydrogens (tertiary/aromatic N) is 2. The van der Waals surface area contributed by atoms with Gasteiger partial charge in [-0.1, -0.05) is 41.9 Å². The Morgan fingerprint density at radius 3 is 2.07 bits per heavy atom. The third-order valence-corrected chi connectivity index (χ3v) is 8.87. The molecule has 2 heterocycles. The fourth-order valence-electron chi connectivity index (χ4n) is 5.50. The van der Waals surface area contributed by atoms with Crippen molar-refractivity contribution in [3.63, 3.8) is 0 Å². The van der Waals surface area contributed by atoms with E-state index < -0.39 is 81.7 Å². The Labute approximate surface area is 322 Å². The van der Waals surface area contributed by atoms with Crippen LogP contribution in [-0.4, -0.2) is 44.7 Å². The zero-order chi connectivity index (χ0) is 42.0. The predicted octanol–water partition coefficient (Wildman–Crippen LogP) is 10.9. The van der Waals surface area contributed by atoms with Crippen LogP contribution in [0, 0.1) is 30.2 Å². The molecule has 0 saturated carbocycles. The highest BCUT2D eigenvalue weighted by atomic mass is 35.5. The fourth-order valence-corrected chi connectivity index (χ4v) is 5.73. The maximum atomic E-state index is 14.8. The van der Waals surface area contributed by atoms with Crippen molar-refractivity contribution in [2.45, 2.75) is 31.7 Å². The Morgan fingerprint density at radius 2 is 1.46 bits per heavy atom. The van der Waals surface area contributed by atoms with Crippen LogP contribution in [0.3, 0.4) is 0 Å². The molecule has 296 valence electrons. The smallest absolute Gasteiger partial charge is 0.416 e. The van der Waals surface area contributed by atoms with E-state index in [9.17, 15) is 54.2 Å². The summed E-state index contributed by atoms with van der Waals surface area (Å²) in [5.74, 6) is -9.98. The molecule has 4 N–H and O–H groups in total. The van der Waals surface area contributed by atoms with Crippen LogP contribution in [-0.2, 0) is 11.0 Å². The summed E-state index contributed by atoms with van der Waals surface area (Å²) in [7, 11) is 0. The van der Waals surface area contributed by atoms with Crippen molar-refractivity contribution in [1.29, 1.82) is 0 Å². The number of hydrogen-bond acceptors (Lipinski definition) is 6. The third-order valence-electron chi connectivity index (χ3n) is 8.54. The van der Waals surface area contributed by atoms with Crippen molar-refractivity contribution in [1.82, 2.24) is 4.98 Å². The molecule has 5 aromatic rings. The number of carboxylic acids is 2. The van der Waals surface area contributed by atoms with E-state index in [0.29, 0.717) is 22.2 Å². The van der Waals surface area contributed by atoms with Gasteiger partial charge < -0.3 is 20.8 Å². The first kappa shape index (κ1) is 41.8. The van der Waals surface area contributed by atoms with E-state index in [1.807, 2.05) is 5.32 Å². The van der Waals surface area contributed by atoms with Crippen molar-refractivity contribution >= 4 is 46.6 Å². The summed E-state index contributed by atoms with van der Waals surface area (Å²) in [6.45, 7) is 2.53. The number of benzene rings is 4. The van der Waals surface area contributed by atoms with Crippen molar-refractivity contribution in [3.05, 3.63) is 142 Å². The maximum absolute atomic E-state index is 14.8. The molecule has 0 fully saturated rings. The molecule has 6 rings (SSSR count). The topological polar surface area (TPSA) is 124 Å². The van der Waals surface area contributed by atoms with Gasteiger partial charge >= 0.3 is 18.1 Å². The molecule has 1 aromatic heterocycles. The lowest BCUT2D eigenvalue weighted by atomic mass is 9.95. The number of amidine groups is 1. The third kappa shape index (κ3) is 8.88. The molecule has 0 spiro atoms. The second-order valence-corrected chi connectivity index (χ2v) is 12.7. The summed E-state index contributed by atoms with van der Waals surface area (Å²) in [5.41, 5.74) is -5.05. The average molecular weight is 821 g/mol. The maximum Gasteiger partial charge on any atom is 0.416 e. The van der Waals surface area contributed by atoms with E-state index in [4.69, 9.17) is 16.7 Å². The number of aliphatic carboxylic acids is 1. The van der Waals surface area contributed by atoms with E-state index in [-0.39, 0.29) is 34.1 Å². The largest absolute Gasteiger partial charge is 0.479 e. The van der Waals surface area contributed by atoms with Gasteiger partial charge in [0.1, 0.15) is 40.2 Å². The van der Waals surface area contributed by atoms with Gasteiger partial charge in [0, 0.05) is 22.9 Å². The Balaban J connectivity index is 0.000000221. The number of nitrogens with one attached hydrogen (secondary N) is 2. The quantitative estimate of drug-likeness (QED) is 0.121. The highest BCUT2D eigenvalue weighted by Gasteiger charge is 2.46. The number of carbonyl (C=O) groups is 2. The Bertz CT molecular complexity index is 2440. The van der Waals surface area contributed by atoms with Crippen LogP contribution < -0.4 is 10.6 Å². The molecule has 0 saturated heterocycles. The lowest BCUT2D eigenvalue weighted by molar-refractivity contribution is -0.148. The predicted molar refractivity (Wildman–Crippen MR) is 194 cm³/mol. The molecular weight excluding hydrogens is 795 g/mol. The first-order valence-electron chi connectivity index (χ1n) is 16.2. The molecule has 4 aromatic carbocycles. The summed E-state index contributed by atoms with van der Waals surface area (Å²) >= 11 is 6.12. The van der Waals surface area contributed by atoms with E-state index >= 15 is 0 Å².